The Hall–Kier alpha value is -2.70. The van der Waals surface area contributed by atoms with Crippen LogP contribution in [0.1, 0.15) is 95.5 Å². The van der Waals surface area contributed by atoms with Gasteiger partial charge in [-0.1, -0.05) is 20.8 Å². The molecular weight excluding hydrogens is 555 g/mol. The van der Waals surface area contributed by atoms with Gasteiger partial charge >= 0.3 is 0 Å². The van der Waals surface area contributed by atoms with Gasteiger partial charge in [0.15, 0.2) is 23.3 Å². The van der Waals surface area contributed by atoms with Crippen molar-refractivity contribution in [2.45, 2.75) is 84.0 Å². The molecule has 7 saturated carbocycles. The third-order valence-electron chi connectivity index (χ3n) is 12.4. The number of H-pyrrole nitrogens is 1. The predicted octanol–water partition coefficient (Wildman–Crippen LogP) is 9.66. The first-order valence-corrected chi connectivity index (χ1v) is 16.2. The van der Waals surface area contributed by atoms with Crippen molar-refractivity contribution >= 4 is 11.3 Å². The van der Waals surface area contributed by atoms with Crippen molar-refractivity contribution in [3.63, 3.8) is 0 Å². The number of allylic oxidation sites excluding steroid dienone is 2. The maximum Gasteiger partial charge on any atom is 0.200 e. The quantitative estimate of drug-likeness (QED) is 0.207. The van der Waals surface area contributed by atoms with Crippen molar-refractivity contribution in [1.29, 1.82) is 0 Å². The van der Waals surface area contributed by atoms with Crippen molar-refractivity contribution in [3.8, 4) is 0 Å². The van der Waals surface area contributed by atoms with Gasteiger partial charge in [-0.25, -0.2) is 22.0 Å². The van der Waals surface area contributed by atoms with Crippen LogP contribution in [0.25, 0.3) is 5.57 Å². The average Bonchev–Trinajstić information content (AvgIpc) is 3.63. The van der Waals surface area contributed by atoms with Gasteiger partial charge in [-0.2, -0.15) is 0 Å². The van der Waals surface area contributed by atoms with E-state index < -0.39 is 34.6 Å². The highest BCUT2D eigenvalue weighted by molar-refractivity contribution is 6.05. The van der Waals surface area contributed by atoms with Crippen molar-refractivity contribution in [3.05, 3.63) is 76.0 Å². The van der Waals surface area contributed by atoms with Crippen molar-refractivity contribution in [1.82, 2.24) is 4.98 Å². The fourth-order valence-electron chi connectivity index (χ4n) is 11.5. The first-order valence-electron chi connectivity index (χ1n) is 16.2. The standard InChI is InChI=1S/C36H39F5N2/c1-17-8-20-9-18(2)12-35(11-17,14-20)25-6-4-23(42-25)28(29-30(37)32(39)34(41)33(40)31(29)38)24-5-7-26(43-24)36-13-19(3)27-21(15-36)10-22(27)16-36/h4-7,17-22,27,42H,8-16H2,1-3H3/b28-24+. The second-order valence-corrected chi connectivity index (χ2v) is 15.5. The molecule has 0 radical (unpaired) electrons. The van der Waals surface area contributed by atoms with E-state index in [0.29, 0.717) is 41.2 Å². The van der Waals surface area contributed by atoms with Crippen molar-refractivity contribution < 1.29 is 22.0 Å². The number of fused-ring (bicyclic) bond motifs is 3. The molecule has 5 atom stereocenters. The highest BCUT2D eigenvalue weighted by atomic mass is 19.2. The Balaban J connectivity index is 1.28. The van der Waals surface area contributed by atoms with E-state index in [4.69, 9.17) is 4.99 Å². The molecule has 1 N–H and O–H groups in total. The Morgan fingerprint density at radius 1 is 0.721 bits per heavy atom. The van der Waals surface area contributed by atoms with Gasteiger partial charge in [0.1, 0.15) is 0 Å². The Labute approximate surface area is 249 Å². The zero-order chi connectivity index (χ0) is 30.0. The second kappa shape index (κ2) is 9.40. The summed E-state index contributed by atoms with van der Waals surface area (Å²) in [5.41, 5.74) is 1.29. The van der Waals surface area contributed by atoms with Gasteiger partial charge in [-0.05, 0) is 123 Å². The van der Waals surface area contributed by atoms with E-state index >= 15 is 8.78 Å². The Morgan fingerprint density at radius 2 is 1.35 bits per heavy atom. The molecule has 7 heteroatoms. The van der Waals surface area contributed by atoms with Crippen LogP contribution in [0.4, 0.5) is 22.0 Å². The zero-order valence-corrected chi connectivity index (χ0v) is 25.1. The molecule has 2 heterocycles. The minimum absolute atomic E-state index is 0.0648. The maximum absolute atomic E-state index is 15.5. The van der Waals surface area contributed by atoms with E-state index in [1.165, 1.54) is 19.3 Å². The highest BCUT2D eigenvalue weighted by Gasteiger charge is 2.61. The van der Waals surface area contributed by atoms with Crippen LogP contribution in [0.2, 0.25) is 0 Å². The Morgan fingerprint density at radius 3 is 1.98 bits per heavy atom. The summed E-state index contributed by atoms with van der Waals surface area (Å²) in [7, 11) is 0. The summed E-state index contributed by atoms with van der Waals surface area (Å²) < 4.78 is 74.5. The molecule has 0 amide bonds. The number of hydrogen-bond acceptors (Lipinski definition) is 1. The summed E-state index contributed by atoms with van der Waals surface area (Å²) in [6, 6.07) is 3.72. The highest BCUT2D eigenvalue weighted by Crippen LogP contribution is 2.68. The topological polar surface area (TPSA) is 28.1 Å². The normalized spacial score (nSPS) is 40.5. The molecule has 6 bridgehead atoms. The molecule has 43 heavy (non-hydrogen) atoms. The number of nitrogens with one attached hydrogen (secondary N) is 1. The lowest BCUT2D eigenvalue weighted by Crippen LogP contribution is -2.59. The molecule has 8 aliphatic rings. The van der Waals surface area contributed by atoms with Crippen LogP contribution in [-0.4, -0.2) is 10.7 Å². The summed E-state index contributed by atoms with van der Waals surface area (Å²) >= 11 is 0. The van der Waals surface area contributed by atoms with Gasteiger partial charge in [0.05, 0.1) is 11.3 Å². The fraction of sp³-hybridized carbons (Fsp3) is 0.583. The predicted molar refractivity (Wildman–Crippen MR) is 157 cm³/mol. The van der Waals surface area contributed by atoms with Crippen LogP contribution in [0.15, 0.2) is 35.0 Å². The molecule has 0 saturated heterocycles. The molecule has 1 aromatic heterocycles. The third kappa shape index (κ3) is 3.97. The largest absolute Gasteiger partial charge is 0.358 e. The van der Waals surface area contributed by atoms with Gasteiger partial charge in [0, 0.05) is 33.5 Å². The lowest BCUT2D eigenvalue weighted by molar-refractivity contribution is -0.127. The molecule has 1 aromatic carbocycles. The summed E-state index contributed by atoms with van der Waals surface area (Å²) in [5, 5.41) is 0. The number of hydrogen-bond donors (Lipinski definition) is 1. The molecule has 2 aromatic rings. The monoisotopic (exact) mass is 594 g/mol. The molecule has 7 aliphatic carbocycles. The molecular formula is C36H39F5N2. The number of halogens is 5. The van der Waals surface area contributed by atoms with E-state index in [2.05, 4.69) is 25.8 Å². The smallest absolute Gasteiger partial charge is 0.200 e. The molecule has 7 fully saturated rings. The average molecular weight is 595 g/mol. The maximum atomic E-state index is 15.5. The molecule has 10 rings (SSSR count). The SMILES string of the molecule is CC1CC2CC(C)CC(c3ccc(/C(=C4/C=CC(C56CC(C)C7C(CC7C5)C6)=N4)c4c(F)c(F)c(F)c(F)c4F)[nH]3)(C1)C2. The lowest BCUT2D eigenvalue weighted by Gasteiger charge is -2.65. The second-order valence-electron chi connectivity index (χ2n) is 15.5. The van der Waals surface area contributed by atoms with Crippen LogP contribution in [0, 0.1) is 75.9 Å². The number of benzene rings is 1. The number of rotatable bonds is 4. The molecule has 2 nitrogen and oxygen atoms in total. The van der Waals surface area contributed by atoms with Crippen molar-refractivity contribution in [2.75, 3.05) is 0 Å². The van der Waals surface area contributed by atoms with Gasteiger partial charge in [-0.15, -0.1) is 0 Å². The van der Waals surface area contributed by atoms with Crippen LogP contribution in [-0.2, 0) is 5.41 Å². The Kier molecular flexibility index (Phi) is 6.08. The summed E-state index contributed by atoms with van der Waals surface area (Å²) in [6.45, 7) is 6.88. The van der Waals surface area contributed by atoms with E-state index in [1.807, 2.05) is 12.1 Å². The Bertz CT molecular complexity index is 1540. The van der Waals surface area contributed by atoms with Crippen LogP contribution in [0.5, 0.6) is 0 Å². The first-order chi connectivity index (χ1) is 20.5. The van der Waals surface area contributed by atoms with E-state index in [9.17, 15) is 13.2 Å². The zero-order valence-electron chi connectivity index (χ0n) is 25.1. The number of aromatic nitrogens is 1. The summed E-state index contributed by atoms with van der Waals surface area (Å²) in [4.78, 5) is 8.45. The molecule has 1 aliphatic heterocycles. The summed E-state index contributed by atoms with van der Waals surface area (Å²) in [5.74, 6) is -5.20. The molecule has 228 valence electrons. The van der Waals surface area contributed by atoms with Gasteiger partial charge in [-0.3, -0.25) is 4.99 Å². The summed E-state index contributed by atoms with van der Waals surface area (Å²) in [6.07, 6.45) is 13.5. The number of nitrogens with zero attached hydrogens (tertiary/aromatic N) is 1. The van der Waals surface area contributed by atoms with Gasteiger partial charge in [0.25, 0.3) is 0 Å². The number of aromatic amines is 1. The van der Waals surface area contributed by atoms with Crippen LogP contribution >= 0.6 is 0 Å². The van der Waals surface area contributed by atoms with Gasteiger partial charge in [0.2, 0.25) is 5.82 Å². The van der Waals surface area contributed by atoms with E-state index in [-0.39, 0.29) is 22.1 Å². The van der Waals surface area contributed by atoms with E-state index in [1.54, 1.807) is 12.1 Å². The van der Waals surface area contributed by atoms with Gasteiger partial charge < -0.3 is 4.98 Å². The number of aliphatic imine (C=N–C) groups is 1. The third-order valence-corrected chi connectivity index (χ3v) is 12.4. The van der Waals surface area contributed by atoms with Crippen LogP contribution in [0.3, 0.4) is 0 Å². The lowest BCUT2D eigenvalue weighted by atomic mass is 9.39. The van der Waals surface area contributed by atoms with Crippen LogP contribution < -0.4 is 0 Å². The fourth-order valence-corrected chi connectivity index (χ4v) is 11.5. The minimum Gasteiger partial charge on any atom is -0.358 e. The minimum atomic E-state index is -2.15. The molecule has 5 unspecified atom stereocenters. The molecule has 0 spiro atoms. The van der Waals surface area contributed by atoms with Crippen molar-refractivity contribution in [2.24, 2.45) is 51.8 Å². The van der Waals surface area contributed by atoms with E-state index in [0.717, 1.165) is 55.8 Å². The first kappa shape index (κ1) is 27.8.